The number of benzene rings is 4. The first kappa shape index (κ1) is 18.3. The van der Waals surface area contributed by atoms with E-state index in [-0.39, 0.29) is 5.69 Å². The van der Waals surface area contributed by atoms with Crippen LogP contribution < -0.4 is 0 Å². The van der Waals surface area contributed by atoms with Crippen LogP contribution in [-0.2, 0) is 0 Å². The second-order valence-corrected chi connectivity index (χ2v) is 7.49. The first-order chi connectivity index (χ1) is 14.6. The van der Waals surface area contributed by atoms with Crippen molar-refractivity contribution in [2.45, 2.75) is 0 Å². The molecule has 0 aliphatic heterocycles. The number of hydrogen-bond acceptors (Lipinski definition) is 3. The molecule has 30 heavy (non-hydrogen) atoms. The van der Waals surface area contributed by atoms with Gasteiger partial charge in [0.2, 0.25) is 0 Å². The molecule has 1 heterocycles. The fourth-order valence-corrected chi connectivity index (χ4v) is 3.92. The maximum Gasteiger partial charge on any atom is 0.270 e. The largest absolute Gasteiger partial charge is 0.270 e. The molecule has 1 aromatic heterocycles. The van der Waals surface area contributed by atoms with Crippen LogP contribution in [0.25, 0.3) is 44.1 Å². The first-order valence-electron chi connectivity index (χ1n) is 9.43. The molecule has 144 valence electrons. The Labute approximate surface area is 177 Å². The van der Waals surface area contributed by atoms with Crippen LogP contribution >= 0.6 is 11.6 Å². The molecule has 5 rings (SSSR count). The number of non-ortho nitro benzene ring substituents is 1. The Hall–Kier alpha value is -3.76. The van der Waals surface area contributed by atoms with Crippen LogP contribution in [0.5, 0.6) is 0 Å². The van der Waals surface area contributed by atoms with E-state index in [1.165, 1.54) is 6.07 Å². The number of nitrogens with zero attached hydrogens (tertiary/aromatic N) is 2. The lowest BCUT2D eigenvalue weighted by Gasteiger charge is -2.13. The predicted molar refractivity (Wildman–Crippen MR) is 122 cm³/mol. The van der Waals surface area contributed by atoms with E-state index in [1.807, 2.05) is 60.7 Å². The molecule has 4 aromatic carbocycles. The van der Waals surface area contributed by atoms with E-state index in [2.05, 4.69) is 12.1 Å². The molecule has 4 nitrogen and oxygen atoms in total. The Bertz CT molecular complexity index is 1430. The van der Waals surface area contributed by atoms with Gasteiger partial charge in [0.15, 0.2) is 0 Å². The number of rotatable bonds is 3. The van der Waals surface area contributed by atoms with Crippen molar-refractivity contribution in [2.75, 3.05) is 0 Å². The lowest BCUT2D eigenvalue weighted by Crippen LogP contribution is -1.93. The van der Waals surface area contributed by atoms with Crippen molar-refractivity contribution in [1.29, 1.82) is 0 Å². The number of nitro groups is 1. The summed E-state index contributed by atoms with van der Waals surface area (Å²) >= 11 is 6.11. The zero-order valence-electron chi connectivity index (χ0n) is 15.7. The number of hydrogen-bond donors (Lipinski definition) is 0. The second kappa shape index (κ2) is 7.25. The van der Waals surface area contributed by atoms with Gasteiger partial charge in [-0.3, -0.25) is 10.1 Å². The van der Waals surface area contributed by atoms with Gasteiger partial charge in [0, 0.05) is 28.1 Å². The summed E-state index contributed by atoms with van der Waals surface area (Å²) in [6.07, 6.45) is 0. The Morgan fingerprint density at radius 2 is 1.60 bits per heavy atom. The molecule has 5 heteroatoms. The van der Waals surface area contributed by atoms with E-state index < -0.39 is 4.92 Å². The third kappa shape index (κ3) is 3.17. The summed E-state index contributed by atoms with van der Waals surface area (Å²) in [5, 5.41) is 15.2. The highest BCUT2D eigenvalue weighted by atomic mass is 35.5. The summed E-state index contributed by atoms with van der Waals surface area (Å²) in [5.41, 5.74) is 4.29. The third-order valence-corrected chi connectivity index (χ3v) is 5.46. The average Bonchev–Trinajstić information content (AvgIpc) is 2.78. The SMILES string of the molecule is O=[N+]([O-])c1cccc(-c2cc(-c3ccc(Cl)cc3)c3c(ccc4ccccc43)n2)c1. The van der Waals surface area contributed by atoms with Crippen LogP contribution in [0, 0.1) is 10.1 Å². The van der Waals surface area contributed by atoms with Crippen LogP contribution in [-0.4, -0.2) is 9.91 Å². The number of fused-ring (bicyclic) bond motifs is 3. The summed E-state index contributed by atoms with van der Waals surface area (Å²) in [7, 11) is 0. The van der Waals surface area contributed by atoms with Crippen molar-refractivity contribution < 1.29 is 4.92 Å². The molecule has 5 aromatic rings. The van der Waals surface area contributed by atoms with Gasteiger partial charge in [-0.05, 0) is 46.2 Å². The van der Waals surface area contributed by atoms with E-state index in [9.17, 15) is 10.1 Å². The normalized spacial score (nSPS) is 11.1. The average molecular weight is 411 g/mol. The van der Waals surface area contributed by atoms with Crippen LogP contribution in [0.3, 0.4) is 0 Å². The van der Waals surface area contributed by atoms with Gasteiger partial charge in [-0.25, -0.2) is 4.98 Å². The molecule has 0 aliphatic rings. The highest BCUT2D eigenvalue weighted by molar-refractivity contribution is 6.30. The van der Waals surface area contributed by atoms with Crippen molar-refractivity contribution in [2.24, 2.45) is 0 Å². The molecule has 0 fully saturated rings. The van der Waals surface area contributed by atoms with Crippen LogP contribution in [0.1, 0.15) is 0 Å². The fraction of sp³-hybridized carbons (Fsp3) is 0. The molecule has 0 radical (unpaired) electrons. The third-order valence-electron chi connectivity index (χ3n) is 5.21. The quantitative estimate of drug-likeness (QED) is 0.178. The minimum absolute atomic E-state index is 0.0425. The van der Waals surface area contributed by atoms with Crippen LogP contribution in [0.4, 0.5) is 5.69 Å². The van der Waals surface area contributed by atoms with Crippen LogP contribution in [0.2, 0.25) is 5.02 Å². The molecule has 0 aliphatic carbocycles. The maximum absolute atomic E-state index is 11.2. The molecule has 0 saturated carbocycles. The Morgan fingerprint density at radius 3 is 2.40 bits per heavy atom. The Morgan fingerprint density at radius 1 is 0.800 bits per heavy atom. The van der Waals surface area contributed by atoms with Gasteiger partial charge in [0.05, 0.1) is 16.1 Å². The van der Waals surface area contributed by atoms with Gasteiger partial charge >= 0.3 is 0 Å². The second-order valence-electron chi connectivity index (χ2n) is 7.05. The lowest BCUT2D eigenvalue weighted by atomic mass is 9.94. The molecule has 0 saturated heterocycles. The molecule has 0 bridgehead atoms. The van der Waals surface area contributed by atoms with E-state index in [1.54, 1.807) is 12.1 Å². The van der Waals surface area contributed by atoms with Gasteiger partial charge in [-0.2, -0.15) is 0 Å². The van der Waals surface area contributed by atoms with Gasteiger partial charge in [-0.15, -0.1) is 0 Å². The van der Waals surface area contributed by atoms with Gasteiger partial charge in [0.1, 0.15) is 0 Å². The monoisotopic (exact) mass is 410 g/mol. The van der Waals surface area contributed by atoms with Gasteiger partial charge in [0.25, 0.3) is 5.69 Å². The molecular weight excluding hydrogens is 396 g/mol. The molecule has 0 spiro atoms. The smallest absolute Gasteiger partial charge is 0.258 e. The molecule has 0 unspecified atom stereocenters. The van der Waals surface area contributed by atoms with Crippen molar-refractivity contribution >= 4 is 39.0 Å². The molecular formula is C25H15ClN2O2. The summed E-state index contributed by atoms with van der Waals surface area (Å²) in [6.45, 7) is 0. The topological polar surface area (TPSA) is 56.0 Å². The van der Waals surface area contributed by atoms with Crippen molar-refractivity contribution in [3.63, 3.8) is 0 Å². The van der Waals surface area contributed by atoms with Crippen molar-refractivity contribution in [1.82, 2.24) is 4.98 Å². The first-order valence-corrected chi connectivity index (χ1v) is 9.81. The summed E-state index contributed by atoms with van der Waals surface area (Å²) in [6, 6.07) is 28.5. The number of halogens is 1. The van der Waals surface area contributed by atoms with E-state index in [4.69, 9.17) is 16.6 Å². The number of aromatic nitrogens is 1. The Kier molecular flexibility index (Phi) is 4.42. The number of pyridine rings is 1. The van der Waals surface area contributed by atoms with Crippen molar-refractivity contribution in [3.05, 3.63) is 106 Å². The molecule has 0 atom stereocenters. The number of nitro benzene ring substituents is 1. The predicted octanol–water partition coefficient (Wildman–Crippen LogP) is 7.28. The minimum Gasteiger partial charge on any atom is -0.258 e. The van der Waals surface area contributed by atoms with E-state index >= 15 is 0 Å². The minimum atomic E-state index is -0.391. The van der Waals surface area contributed by atoms with Crippen LogP contribution in [0.15, 0.2) is 91.0 Å². The summed E-state index contributed by atoms with van der Waals surface area (Å²) < 4.78 is 0. The van der Waals surface area contributed by atoms with E-state index in [0.29, 0.717) is 16.3 Å². The zero-order valence-corrected chi connectivity index (χ0v) is 16.5. The highest BCUT2D eigenvalue weighted by Gasteiger charge is 2.14. The maximum atomic E-state index is 11.2. The van der Waals surface area contributed by atoms with E-state index in [0.717, 1.165) is 32.8 Å². The lowest BCUT2D eigenvalue weighted by molar-refractivity contribution is -0.384. The fourth-order valence-electron chi connectivity index (χ4n) is 3.79. The van der Waals surface area contributed by atoms with Gasteiger partial charge < -0.3 is 0 Å². The summed E-state index contributed by atoms with van der Waals surface area (Å²) in [5.74, 6) is 0. The standard InChI is InChI=1S/C25H15ClN2O2/c26-19-11-8-17(9-12-19)22-15-24(18-5-3-6-20(14-18)28(29)30)27-23-13-10-16-4-1-2-7-21(16)25(22)23/h1-15H. The molecule has 0 amide bonds. The van der Waals surface area contributed by atoms with Crippen molar-refractivity contribution in [3.8, 4) is 22.4 Å². The highest BCUT2D eigenvalue weighted by Crippen LogP contribution is 2.37. The molecule has 0 N–H and O–H groups in total. The Balaban J connectivity index is 1.85. The summed E-state index contributed by atoms with van der Waals surface area (Å²) in [4.78, 5) is 15.7. The zero-order chi connectivity index (χ0) is 20.7. The van der Waals surface area contributed by atoms with Gasteiger partial charge in [-0.1, -0.05) is 66.2 Å².